The van der Waals surface area contributed by atoms with Crippen LogP contribution in [0.25, 0.3) is 0 Å². The number of amides is 3. The Hall–Kier alpha value is -2.14. The summed E-state index contributed by atoms with van der Waals surface area (Å²) in [4.78, 5) is 23.8. The zero-order valence-corrected chi connectivity index (χ0v) is 8.38. The van der Waals surface area contributed by atoms with Crippen LogP contribution in [0.3, 0.4) is 0 Å². The highest BCUT2D eigenvalue weighted by atomic mass is 16.3. The van der Waals surface area contributed by atoms with Crippen LogP contribution in [0, 0.1) is 0 Å². The molecule has 0 aromatic heterocycles. The van der Waals surface area contributed by atoms with Gasteiger partial charge in [0.15, 0.2) is 6.23 Å². The summed E-state index contributed by atoms with van der Waals surface area (Å²) in [6.45, 7) is 3.43. The molecule has 1 heterocycles. The molecule has 16 heavy (non-hydrogen) atoms. The Morgan fingerprint density at radius 1 is 1.25 bits per heavy atom. The van der Waals surface area contributed by atoms with Gasteiger partial charge >= 0.3 is 6.03 Å². The van der Waals surface area contributed by atoms with Crippen molar-refractivity contribution in [3.05, 3.63) is 42.5 Å². The normalized spacial score (nSPS) is 20.9. The number of nitrogens with one attached hydrogen (secondary N) is 1. The molecule has 2 N–H and O–H groups in total. The number of hydrogen-bond donors (Lipinski definition) is 2. The third-order valence-corrected chi connectivity index (χ3v) is 2.32. The molecule has 1 fully saturated rings. The number of carbonyl (C=O) groups excluding carboxylic acids is 2. The monoisotopic (exact) mass is 218 g/mol. The summed E-state index contributed by atoms with van der Waals surface area (Å²) in [5.41, 5.74) is 0.449. The summed E-state index contributed by atoms with van der Waals surface area (Å²) in [7, 11) is 0. The first kappa shape index (κ1) is 10.4. The first-order valence-electron chi connectivity index (χ1n) is 4.67. The standard InChI is InChI=1S/C11H10N2O3/c1-7-9(14)12-11(16)13(10(7)15)8-5-3-2-4-6-8/h2-6,10,15H,1H2,(H,12,14,16). The summed E-state index contributed by atoms with van der Waals surface area (Å²) >= 11 is 0. The second-order valence-electron chi connectivity index (χ2n) is 3.36. The van der Waals surface area contributed by atoms with Gasteiger partial charge in [-0.1, -0.05) is 24.8 Å². The Labute approximate surface area is 92.0 Å². The lowest BCUT2D eigenvalue weighted by atomic mass is 10.1. The molecular formula is C11H10N2O3. The molecule has 0 radical (unpaired) electrons. The first-order chi connectivity index (χ1) is 7.61. The van der Waals surface area contributed by atoms with Crippen LogP contribution in [0.5, 0.6) is 0 Å². The molecule has 3 amide bonds. The lowest BCUT2D eigenvalue weighted by molar-refractivity contribution is -0.118. The number of urea groups is 1. The van der Waals surface area contributed by atoms with Crippen LogP contribution in [0.15, 0.2) is 42.5 Å². The van der Waals surface area contributed by atoms with Crippen molar-refractivity contribution in [1.82, 2.24) is 5.32 Å². The van der Waals surface area contributed by atoms with Gasteiger partial charge in [0.1, 0.15) is 0 Å². The number of aliphatic hydroxyl groups is 1. The quantitative estimate of drug-likeness (QED) is 0.679. The third-order valence-electron chi connectivity index (χ3n) is 2.32. The summed E-state index contributed by atoms with van der Waals surface area (Å²) in [6, 6.07) is 7.91. The highest BCUT2D eigenvalue weighted by Gasteiger charge is 2.35. The molecule has 1 aromatic carbocycles. The number of rotatable bonds is 1. The fraction of sp³-hybridized carbons (Fsp3) is 0.0909. The number of benzene rings is 1. The summed E-state index contributed by atoms with van der Waals surface area (Å²) in [5, 5.41) is 11.9. The van der Waals surface area contributed by atoms with E-state index in [1.165, 1.54) is 0 Å². The van der Waals surface area contributed by atoms with Crippen molar-refractivity contribution in [2.75, 3.05) is 4.90 Å². The Morgan fingerprint density at radius 3 is 2.50 bits per heavy atom. The fourth-order valence-corrected chi connectivity index (χ4v) is 1.47. The second kappa shape index (κ2) is 3.79. The van der Waals surface area contributed by atoms with E-state index in [1.807, 2.05) is 0 Å². The van der Waals surface area contributed by atoms with Crippen LogP contribution in [-0.2, 0) is 4.79 Å². The minimum absolute atomic E-state index is 0.0524. The number of carbonyl (C=O) groups is 2. The van der Waals surface area contributed by atoms with E-state index in [9.17, 15) is 14.7 Å². The zero-order chi connectivity index (χ0) is 11.7. The molecule has 5 heteroatoms. The van der Waals surface area contributed by atoms with Crippen molar-refractivity contribution < 1.29 is 14.7 Å². The molecule has 0 bridgehead atoms. The van der Waals surface area contributed by atoms with E-state index in [0.717, 1.165) is 4.90 Å². The first-order valence-corrected chi connectivity index (χ1v) is 4.67. The van der Waals surface area contributed by atoms with Gasteiger partial charge < -0.3 is 5.11 Å². The van der Waals surface area contributed by atoms with Gasteiger partial charge in [0.25, 0.3) is 5.91 Å². The average Bonchev–Trinajstić information content (AvgIpc) is 2.28. The van der Waals surface area contributed by atoms with Gasteiger partial charge in [-0.3, -0.25) is 15.0 Å². The maximum atomic E-state index is 11.6. The van der Waals surface area contributed by atoms with Crippen molar-refractivity contribution in [2.45, 2.75) is 6.23 Å². The molecule has 0 saturated carbocycles. The Balaban J connectivity index is 2.37. The SMILES string of the molecule is C=C1C(=O)NC(=O)N(c2ccccc2)C1O. The minimum atomic E-state index is -1.32. The number of aliphatic hydroxyl groups excluding tert-OH is 1. The topological polar surface area (TPSA) is 69.6 Å². The van der Waals surface area contributed by atoms with Crippen LogP contribution < -0.4 is 10.2 Å². The minimum Gasteiger partial charge on any atom is -0.369 e. The maximum Gasteiger partial charge on any atom is 0.331 e. The van der Waals surface area contributed by atoms with Crippen molar-refractivity contribution in [3.8, 4) is 0 Å². The second-order valence-corrected chi connectivity index (χ2v) is 3.36. The molecule has 1 aliphatic heterocycles. The largest absolute Gasteiger partial charge is 0.369 e. The van der Waals surface area contributed by atoms with Crippen molar-refractivity contribution in [1.29, 1.82) is 0 Å². The maximum absolute atomic E-state index is 11.6. The summed E-state index contributed by atoms with van der Waals surface area (Å²) < 4.78 is 0. The molecule has 1 unspecified atom stereocenters. The van der Waals surface area contributed by atoms with Crippen LogP contribution >= 0.6 is 0 Å². The number of anilines is 1. The van der Waals surface area contributed by atoms with E-state index in [2.05, 4.69) is 11.9 Å². The van der Waals surface area contributed by atoms with Crippen LogP contribution in [0.1, 0.15) is 0 Å². The van der Waals surface area contributed by atoms with Gasteiger partial charge in [-0.2, -0.15) is 0 Å². The number of para-hydroxylation sites is 1. The van der Waals surface area contributed by atoms with E-state index < -0.39 is 18.2 Å². The van der Waals surface area contributed by atoms with E-state index >= 15 is 0 Å². The molecule has 0 spiro atoms. The van der Waals surface area contributed by atoms with Gasteiger partial charge in [-0.15, -0.1) is 0 Å². The van der Waals surface area contributed by atoms with E-state index in [-0.39, 0.29) is 5.57 Å². The van der Waals surface area contributed by atoms with Gasteiger partial charge in [-0.05, 0) is 12.1 Å². The van der Waals surface area contributed by atoms with E-state index in [0.29, 0.717) is 5.69 Å². The molecule has 82 valence electrons. The van der Waals surface area contributed by atoms with E-state index in [1.54, 1.807) is 30.3 Å². The Kier molecular flexibility index (Phi) is 2.46. The number of hydrogen-bond acceptors (Lipinski definition) is 3. The van der Waals surface area contributed by atoms with Gasteiger partial charge in [0, 0.05) is 5.69 Å². The Bertz CT molecular complexity index is 456. The van der Waals surface area contributed by atoms with Gasteiger partial charge in [0.05, 0.1) is 5.57 Å². The molecular weight excluding hydrogens is 208 g/mol. The molecule has 1 aromatic rings. The lowest BCUT2D eigenvalue weighted by Gasteiger charge is -2.32. The van der Waals surface area contributed by atoms with Crippen molar-refractivity contribution in [2.24, 2.45) is 0 Å². The third kappa shape index (κ3) is 1.57. The fourth-order valence-electron chi connectivity index (χ4n) is 1.47. The predicted molar refractivity (Wildman–Crippen MR) is 57.6 cm³/mol. The molecule has 1 aliphatic rings. The molecule has 2 rings (SSSR count). The van der Waals surface area contributed by atoms with Gasteiger partial charge in [-0.25, -0.2) is 4.79 Å². The molecule has 1 saturated heterocycles. The smallest absolute Gasteiger partial charge is 0.331 e. The Morgan fingerprint density at radius 2 is 1.88 bits per heavy atom. The van der Waals surface area contributed by atoms with Crippen LogP contribution in [0.4, 0.5) is 10.5 Å². The van der Waals surface area contributed by atoms with Crippen LogP contribution in [-0.4, -0.2) is 23.3 Å². The highest BCUT2D eigenvalue weighted by Crippen LogP contribution is 2.21. The number of imide groups is 1. The highest BCUT2D eigenvalue weighted by molar-refractivity contribution is 6.13. The molecule has 0 aliphatic carbocycles. The van der Waals surface area contributed by atoms with Crippen LogP contribution in [0.2, 0.25) is 0 Å². The predicted octanol–water partition coefficient (Wildman–Crippen LogP) is 0.617. The summed E-state index contributed by atoms with van der Waals surface area (Å²) in [6.07, 6.45) is -1.32. The molecule has 1 atom stereocenters. The zero-order valence-electron chi connectivity index (χ0n) is 8.38. The van der Waals surface area contributed by atoms with Crippen molar-refractivity contribution >= 4 is 17.6 Å². The lowest BCUT2D eigenvalue weighted by Crippen LogP contribution is -2.56. The number of nitrogens with zero attached hydrogens (tertiary/aromatic N) is 1. The summed E-state index contributed by atoms with van der Waals surface area (Å²) in [5.74, 6) is -0.648. The molecule has 5 nitrogen and oxygen atoms in total. The van der Waals surface area contributed by atoms with Crippen molar-refractivity contribution in [3.63, 3.8) is 0 Å². The van der Waals surface area contributed by atoms with E-state index in [4.69, 9.17) is 0 Å². The van der Waals surface area contributed by atoms with Gasteiger partial charge in [0.2, 0.25) is 0 Å². The average molecular weight is 218 g/mol.